The van der Waals surface area contributed by atoms with E-state index in [1.54, 1.807) is 54.6 Å². The highest BCUT2D eigenvalue weighted by molar-refractivity contribution is 14.1. The number of benzene rings is 2. The van der Waals surface area contributed by atoms with Crippen molar-refractivity contribution in [2.75, 3.05) is 19.4 Å². The number of aryl methyl sites for hydroxylation is 1. The normalized spacial score (nSPS) is 13.1. The van der Waals surface area contributed by atoms with E-state index in [1.165, 1.54) is 26.8 Å². The van der Waals surface area contributed by atoms with Gasteiger partial charge in [-0.2, -0.15) is 13.2 Å². The molecule has 2 heterocycles. The lowest BCUT2D eigenvalue weighted by molar-refractivity contribution is -0.192. The number of carbonyl (C=O) groups is 1. The predicted octanol–water partition coefficient (Wildman–Crippen LogP) is 4.84. The smallest absolute Gasteiger partial charge is 0.475 e. The SMILES string of the molecule is Cc1c(=O)n(C)c(Nc2ccc(I)cc2F)c2c(=O)n(C3CC3)c(=O)n(-c3cccc(N=CN(C)C)c3)c12.O=C(O)C(F)(F)F. The summed E-state index contributed by atoms with van der Waals surface area (Å²) in [6, 6.07) is 11.4. The van der Waals surface area contributed by atoms with Crippen LogP contribution in [0.5, 0.6) is 0 Å². The molecule has 2 N–H and O–H groups in total. The largest absolute Gasteiger partial charge is 0.490 e. The van der Waals surface area contributed by atoms with Crippen molar-refractivity contribution in [2.45, 2.75) is 32.0 Å². The van der Waals surface area contributed by atoms with Crippen molar-refractivity contribution < 1.29 is 27.5 Å². The molecule has 1 aliphatic rings. The molecule has 2 aromatic carbocycles. The Kier molecular flexibility index (Phi) is 9.55. The van der Waals surface area contributed by atoms with E-state index >= 15 is 0 Å². The van der Waals surface area contributed by atoms with Gasteiger partial charge >= 0.3 is 17.8 Å². The molecule has 4 aromatic rings. The monoisotopic (exact) mass is 742 g/mol. The van der Waals surface area contributed by atoms with Gasteiger partial charge in [0.05, 0.1) is 28.9 Å². The molecule has 1 fully saturated rings. The Hall–Kier alpha value is -4.48. The second-order valence-electron chi connectivity index (χ2n) is 10.4. The number of aliphatic carboxylic acids is 1. The lowest BCUT2D eigenvalue weighted by Gasteiger charge is -2.20. The maximum atomic E-state index is 14.8. The number of aliphatic imine (C=N–C) groups is 1. The van der Waals surface area contributed by atoms with Gasteiger partial charge in [-0.3, -0.25) is 23.3 Å². The molecule has 2 aromatic heterocycles. The first kappa shape index (κ1) is 33.4. The fourth-order valence-corrected chi connectivity index (χ4v) is 4.92. The highest BCUT2D eigenvalue weighted by atomic mass is 127. The summed E-state index contributed by atoms with van der Waals surface area (Å²) in [5, 5.41) is 10.2. The molecule has 0 atom stereocenters. The van der Waals surface area contributed by atoms with E-state index in [0.717, 1.165) is 0 Å². The van der Waals surface area contributed by atoms with Crippen LogP contribution >= 0.6 is 22.6 Å². The number of nitrogens with one attached hydrogen (secondary N) is 1. The maximum Gasteiger partial charge on any atom is 0.490 e. The summed E-state index contributed by atoms with van der Waals surface area (Å²) in [5.74, 6) is -3.17. The highest BCUT2D eigenvalue weighted by Crippen LogP contribution is 2.34. The number of carboxylic acids is 1. The van der Waals surface area contributed by atoms with Crippen LogP contribution in [0.15, 0.2) is 61.8 Å². The minimum atomic E-state index is -5.08. The van der Waals surface area contributed by atoms with E-state index in [-0.39, 0.29) is 34.0 Å². The molecular formula is C29H27F4IN6O5. The van der Waals surface area contributed by atoms with Crippen LogP contribution in [0.3, 0.4) is 0 Å². The van der Waals surface area contributed by atoms with Crippen molar-refractivity contribution in [1.82, 2.24) is 18.6 Å². The zero-order valence-corrected chi connectivity index (χ0v) is 26.5. The fraction of sp³-hybridized carbons (Fsp3) is 0.276. The summed E-state index contributed by atoms with van der Waals surface area (Å²) >= 11 is 2.01. The molecule has 0 radical (unpaired) electrons. The molecule has 1 saturated carbocycles. The van der Waals surface area contributed by atoms with Gasteiger partial charge in [-0.1, -0.05) is 6.07 Å². The molecule has 0 bridgehead atoms. The average Bonchev–Trinajstić information content (AvgIpc) is 3.79. The Labute approximate surface area is 266 Å². The summed E-state index contributed by atoms with van der Waals surface area (Å²) < 4.78 is 51.2. The van der Waals surface area contributed by atoms with E-state index in [1.807, 2.05) is 36.7 Å². The summed E-state index contributed by atoms with van der Waals surface area (Å²) in [7, 11) is 5.22. The Morgan fingerprint density at radius 1 is 1.11 bits per heavy atom. The summed E-state index contributed by atoms with van der Waals surface area (Å²) in [6.07, 6.45) is -2.04. The molecule has 0 aliphatic heterocycles. The zero-order chi connectivity index (χ0) is 33.4. The molecule has 16 heteroatoms. The first-order valence-electron chi connectivity index (χ1n) is 13.3. The molecule has 0 unspecified atom stereocenters. The summed E-state index contributed by atoms with van der Waals surface area (Å²) in [6.45, 7) is 1.59. The number of hydrogen-bond donors (Lipinski definition) is 2. The number of carboxylic acid groups (broad SMARTS) is 1. The van der Waals surface area contributed by atoms with Gasteiger partial charge < -0.3 is 15.3 Å². The molecule has 238 valence electrons. The maximum absolute atomic E-state index is 14.8. The number of aromatic nitrogens is 3. The van der Waals surface area contributed by atoms with Crippen LogP contribution in [-0.2, 0) is 11.8 Å². The van der Waals surface area contributed by atoms with E-state index in [0.29, 0.717) is 27.8 Å². The molecule has 0 amide bonds. The van der Waals surface area contributed by atoms with Gasteiger partial charge in [-0.05, 0) is 78.8 Å². The van der Waals surface area contributed by atoms with E-state index < -0.39 is 34.8 Å². The topological polar surface area (TPSA) is 131 Å². The van der Waals surface area contributed by atoms with Gasteiger partial charge in [0.25, 0.3) is 11.1 Å². The molecular weight excluding hydrogens is 715 g/mol. The number of pyridine rings is 1. The Bertz CT molecular complexity index is 2010. The molecule has 11 nitrogen and oxygen atoms in total. The fourth-order valence-electron chi connectivity index (χ4n) is 4.47. The first-order valence-corrected chi connectivity index (χ1v) is 14.3. The second kappa shape index (κ2) is 12.9. The summed E-state index contributed by atoms with van der Waals surface area (Å²) in [5.41, 5.74) is 0.133. The first-order chi connectivity index (χ1) is 21.0. The van der Waals surface area contributed by atoms with Crippen LogP contribution in [0.25, 0.3) is 16.6 Å². The molecule has 1 aliphatic carbocycles. The number of fused-ring (bicyclic) bond motifs is 1. The third-order valence-electron chi connectivity index (χ3n) is 6.71. The van der Waals surface area contributed by atoms with Crippen LogP contribution in [0, 0.1) is 16.3 Å². The van der Waals surface area contributed by atoms with Crippen molar-refractivity contribution in [3.63, 3.8) is 0 Å². The van der Waals surface area contributed by atoms with Crippen LogP contribution in [-0.4, -0.2) is 56.3 Å². The number of hydrogen-bond acceptors (Lipinski definition) is 6. The van der Waals surface area contributed by atoms with Crippen LogP contribution in [0.2, 0.25) is 0 Å². The second-order valence-corrected chi connectivity index (χ2v) is 11.6. The van der Waals surface area contributed by atoms with Gasteiger partial charge in [-0.25, -0.2) is 19.0 Å². The van der Waals surface area contributed by atoms with Crippen LogP contribution < -0.4 is 22.1 Å². The lowest BCUT2D eigenvalue weighted by atomic mass is 10.1. The third-order valence-corrected chi connectivity index (χ3v) is 7.38. The Morgan fingerprint density at radius 2 is 1.76 bits per heavy atom. The van der Waals surface area contributed by atoms with E-state index in [9.17, 15) is 31.9 Å². The Balaban J connectivity index is 0.000000591. The minimum absolute atomic E-state index is 0.112. The van der Waals surface area contributed by atoms with Crippen molar-refractivity contribution in [3.8, 4) is 5.69 Å². The lowest BCUT2D eigenvalue weighted by Crippen LogP contribution is -2.41. The average molecular weight is 742 g/mol. The van der Waals surface area contributed by atoms with Crippen molar-refractivity contribution in [2.24, 2.45) is 12.0 Å². The number of rotatable bonds is 6. The predicted molar refractivity (Wildman–Crippen MR) is 170 cm³/mol. The van der Waals surface area contributed by atoms with E-state index in [2.05, 4.69) is 10.3 Å². The number of alkyl halides is 3. The number of halogens is 5. The van der Waals surface area contributed by atoms with Gasteiger partial charge in [0.15, 0.2) is 0 Å². The minimum Gasteiger partial charge on any atom is -0.475 e. The highest BCUT2D eigenvalue weighted by Gasteiger charge is 2.38. The van der Waals surface area contributed by atoms with Crippen LogP contribution in [0.1, 0.15) is 24.4 Å². The zero-order valence-electron chi connectivity index (χ0n) is 24.3. The quantitative estimate of drug-likeness (QED) is 0.125. The van der Waals surface area contributed by atoms with Gasteiger partial charge in [0, 0.05) is 36.3 Å². The Morgan fingerprint density at radius 3 is 2.31 bits per heavy atom. The molecule has 45 heavy (non-hydrogen) atoms. The molecule has 0 saturated heterocycles. The van der Waals surface area contributed by atoms with E-state index in [4.69, 9.17) is 9.90 Å². The van der Waals surface area contributed by atoms with Gasteiger partial charge in [0.1, 0.15) is 17.0 Å². The van der Waals surface area contributed by atoms with Crippen molar-refractivity contribution in [1.29, 1.82) is 0 Å². The third kappa shape index (κ3) is 7.10. The van der Waals surface area contributed by atoms with Gasteiger partial charge in [-0.15, -0.1) is 0 Å². The van der Waals surface area contributed by atoms with Crippen molar-refractivity contribution >= 4 is 63.0 Å². The summed E-state index contributed by atoms with van der Waals surface area (Å²) in [4.78, 5) is 56.3. The molecule has 5 rings (SSSR count). The number of nitrogens with zero attached hydrogens (tertiary/aromatic N) is 5. The standard InChI is InChI=1S/C27H26FIN6O3.C2HF3O2/c1-15-23-22(24(33(4)25(15)36)31-21-11-8-16(29)12-20(21)28)26(37)35(18-9-10-18)27(38)34(23)19-7-5-6-17(13-19)30-14-32(2)3;3-2(4,5)1(6)7/h5-8,11-14,18,31H,9-10H2,1-4H3;(H,6,7). The van der Waals surface area contributed by atoms with Gasteiger partial charge in [0.2, 0.25) is 0 Å². The molecule has 0 spiro atoms. The number of anilines is 2. The van der Waals surface area contributed by atoms with Crippen molar-refractivity contribution in [3.05, 3.63) is 88.6 Å². The van der Waals surface area contributed by atoms with Crippen LogP contribution in [0.4, 0.5) is 34.8 Å².